The number of H-pyrrole nitrogens is 1. The number of para-hydroxylation sites is 1. The summed E-state index contributed by atoms with van der Waals surface area (Å²) in [7, 11) is 0. The van der Waals surface area contributed by atoms with Crippen LogP contribution in [0.15, 0.2) is 151 Å². The maximum absolute atomic E-state index is 14.9. The van der Waals surface area contributed by atoms with Crippen LogP contribution < -0.4 is 43.8 Å². The molecule has 12 N–H and O–H groups in total. The zero-order chi connectivity index (χ0) is 50.2. The number of hydrogen-bond acceptors (Lipinski definition) is 7. The molecule has 1 aliphatic carbocycles. The lowest BCUT2D eigenvalue weighted by Crippen LogP contribution is -2.64. The van der Waals surface area contributed by atoms with Gasteiger partial charge in [0.15, 0.2) is 5.96 Å². The second kappa shape index (κ2) is 24.3. The fourth-order valence-corrected chi connectivity index (χ4v) is 9.17. The van der Waals surface area contributed by atoms with Crippen molar-refractivity contribution in [3.63, 3.8) is 0 Å². The van der Waals surface area contributed by atoms with Crippen LogP contribution >= 0.6 is 0 Å². The first-order chi connectivity index (χ1) is 34.4. The van der Waals surface area contributed by atoms with Crippen molar-refractivity contribution in [2.24, 2.45) is 22.2 Å². The minimum absolute atomic E-state index is 0.0614. The summed E-state index contributed by atoms with van der Waals surface area (Å²) in [5.74, 6) is -3.17. The summed E-state index contributed by atoms with van der Waals surface area (Å²) >= 11 is 0. The summed E-state index contributed by atoms with van der Waals surface area (Å²) in [5.41, 5.74) is 20.7. The van der Waals surface area contributed by atoms with E-state index in [0.717, 1.165) is 33.2 Å². The van der Waals surface area contributed by atoms with Gasteiger partial charge in [-0.15, -0.1) is 0 Å². The molecule has 0 radical (unpaired) electrons. The Kier molecular flexibility index (Phi) is 17.3. The van der Waals surface area contributed by atoms with Gasteiger partial charge in [-0.2, -0.15) is 0 Å². The Balaban J connectivity index is 1.14. The maximum Gasteiger partial charge on any atom is 0.248 e. The van der Waals surface area contributed by atoms with Crippen LogP contribution in [0.1, 0.15) is 82.6 Å². The topological polar surface area (TPSA) is 269 Å². The minimum Gasteiger partial charge on any atom is -0.370 e. The van der Waals surface area contributed by atoms with Gasteiger partial charge in [0.2, 0.25) is 35.4 Å². The molecule has 71 heavy (non-hydrogen) atoms. The van der Waals surface area contributed by atoms with Crippen molar-refractivity contribution in [3.05, 3.63) is 179 Å². The van der Waals surface area contributed by atoms with Crippen molar-refractivity contribution in [1.82, 2.24) is 31.6 Å². The number of carbonyl (C=O) groups excluding carboxylic acids is 6. The van der Waals surface area contributed by atoms with Crippen LogP contribution in [0, 0.1) is 0 Å². The molecule has 1 fully saturated rings. The highest BCUT2D eigenvalue weighted by molar-refractivity contribution is 5.98. The third-order valence-electron chi connectivity index (χ3n) is 13.1. The molecule has 0 saturated heterocycles. The number of nitrogens with two attached hydrogens (primary N) is 3. The van der Waals surface area contributed by atoms with Crippen molar-refractivity contribution in [2.45, 2.75) is 93.9 Å². The number of guanidine groups is 1. The smallest absolute Gasteiger partial charge is 0.248 e. The number of hydrogen-bond donors (Lipinski definition) is 9. The van der Waals surface area contributed by atoms with Gasteiger partial charge in [0.1, 0.15) is 23.7 Å². The van der Waals surface area contributed by atoms with Crippen LogP contribution in [0.4, 0.5) is 0 Å². The van der Waals surface area contributed by atoms with Crippen LogP contribution in [0.25, 0.3) is 10.9 Å². The maximum atomic E-state index is 14.9. The molecule has 5 aromatic carbocycles. The molecule has 0 spiro atoms. The summed E-state index contributed by atoms with van der Waals surface area (Å²) < 4.78 is 0. The molecule has 3 atom stereocenters. The molecule has 6 aromatic rings. The van der Waals surface area contributed by atoms with E-state index < -0.39 is 53.2 Å². The van der Waals surface area contributed by atoms with E-state index in [1.165, 1.54) is 0 Å². The van der Waals surface area contributed by atoms with E-state index in [2.05, 4.69) is 48.7 Å². The number of nitrogens with one attached hydrogen (secondary N) is 6. The summed E-state index contributed by atoms with van der Waals surface area (Å²) in [4.78, 5) is 91.3. The number of carbonyl (C=O) groups is 6. The van der Waals surface area contributed by atoms with Gasteiger partial charge in [0, 0.05) is 48.6 Å². The predicted octanol–water partition coefficient (Wildman–Crippen LogP) is 4.33. The van der Waals surface area contributed by atoms with E-state index in [-0.39, 0.29) is 63.0 Å². The Hall–Kier alpha value is -8.27. The molecule has 1 aromatic heterocycles. The molecule has 16 heteroatoms. The molecule has 0 aliphatic heterocycles. The molecule has 7 rings (SSSR count). The number of fused-ring (bicyclic) bond motifs is 1. The molecular weight excluding hydrogens is 897 g/mol. The van der Waals surface area contributed by atoms with Gasteiger partial charge in [0.05, 0.1) is 6.42 Å². The lowest BCUT2D eigenvalue weighted by Gasteiger charge is -2.40. The summed E-state index contributed by atoms with van der Waals surface area (Å²) in [6.07, 6.45) is 4.22. The van der Waals surface area contributed by atoms with Gasteiger partial charge in [-0.05, 0) is 90.5 Å². The Bertz CT molecular complexity index is 2790. The fraction of sp³-hybridized carbons (Fsp3) is 0.291. The monoisotopic (exact) mass is 958 g/mol. The van der Waals surface area contributed by atoms with Crippen molar-refractivity contribution < 1.29 is 28.8 Å². The quantitative estimate of drug-likeness (QED) is 0.0268. The van der Waals surface area contributed by atoms with Crippen molar-refractivity contribution in [2.75, 3.05) is 6.54 Å². The number of amides is 6. The Morgan fingerprint density at radius 2 is 1.23 bits per heavy atom. The highest BCUT2D eigenvalue weighted by atomic mass is 16.2. The standard InChI is InChI=1S/C55H62N10O6/c56-49(67)41-24-22-38(23-25-41)34-61-50(68)47(33-42-35-60-44-20-11-10-19-43(42)44)63-51(69)45(21-12-30-59-54(57)58)62-52(70)46(31-36-13-4-1-5-14-36)64-53(71)55(65-48(66)32-37-15-6-2-7-16-37)28-26-40(27-29-55)39-17-8-3-9-18-39/h1-11,13-20,22-25,35,40,45-47,60H,12,21,26-34H2,(H2,56,67)(H,61,68)(H,62,70)(H,63,69)(H,64,71)(H,65,66)(H4,57,58,59)/t40?,45-,46+,47-,55?/m0/s1. The molecule has 16 nitrogen and oxygen atoms in total. The average molecular weight is 959 g/mol. The number of primary amides is 1. The van der Waals surface area contributed by atoms with Gasteiger partial charge >= 0.3 is 0 Å². The Morgan fingerprint density at radius 1 is 0.634 bits per heavy atom. The van der Waals surface area contributed by atoms with E-state index >= 15 is 0 Å². The number of aromatic nitrogens is 1. The van der Waals surface area contributed by atoms with Gasteiger partial charge in [-0.25, -0.2) is 0 Å². The number of benzene rings is 5. The zero-order valence-electron chi connectivity index (χ0n) is 39.6. The first-order valence-electron chi connectivity index (χ1n) is 24.0. The highest BCUT2D eigenvalue weighted by Crippen LogP contribution is 2.38. The van der Waals surface area contributed by atoms with Gasteiger partial charge in [-0.1, -0.05) is 121 Å². The number of aromatic amines is 1. The van der Waals surface area contributed by atoms with Crippen molar-refractivity contribution in [1.29, 1.82) is 0 Å². The molecule has 6 amide bonds. The van der Waals surface area contributed by atoms with Crippen molar-refractivity contribution in [3.8, 4) is 0 Å². The van der Waals surface area contributed by atoms with Crippen LogP contribution in [0.3, 0.4) is 0 Å². The average Bonchev–Trinajstić information content (AvgIpc) is 3.79. The summed E-state index contributed by atoms with van der Waals surface area (Å²) in [6, 6.07) is 39.1. The lowest BCUT2D eigenvalue weighted by molar-refractivity contribution is -0.138. The molecule has 1 heterocycles. The Labute approximate surface area is 413 Å². The van der Waals surface area contributed by atoms with Crippen LogP contribution in [-0.4, -0.2) is 76.6 Å². The van der Waals surface area contributed by atoms with Crippen LogP contribution in [-0.2, 0) is 49.8 Å². The predicted molar refractivity (Wildman–Crippen MR) is 273 cm³/mol. The minimum atomic E-state index is -1.34. The molecule has 0 bridgehead atoms. The highest BCUT2D eigenvalue weighted by Gasteiger charge is 2.45. The third-order valence-corrected chi connectivity index (χ3v) is 13.1. The third kappa shape index (κ3) is 14.2. The molecule has 1 aliphatic rings. The normalized spacial score (nSPS) is 16.6. The molecular formula is C55H62N10O6. The number of aliphatic imine (C=N–C) groups is 1. The molecule has 1 saturated carbocycles. The first kappa shape index (κ1) is 50.6. The largest absolute Gasteiger partial charge is 0.370 e. The van der Waals surface area contributed by atoms with E-state index in [4.69, 9.17) is 17.2 Å². The van der Waals surface area contributed by atoms with Crippen LogP contribution in [0.5, 0.6) is 0 Å². The first-order valence-corrected chi connectivity index (χ1v) is 24.0. The SMILES string of the molecule is NC(=O)c1ccc(CNC(=O)[C@H](Cc2c[nH]c3ccccc23)NC(=O)[C@H](CCCN=C(N)N)NC(=O)[C@@H](Cc2ccccc2)NC(=O)C2(NC(=O)Cc3ccccc3)CCC(c3ccccc3)CC2)cc1. The van der Waals surface area contributed by atoms with Crippen LogP contribution in [0.2, 0.25) is 0 Å². The van der Waals surface area contributed by atoms with E-state index in [0.29, 0.717) is 36.8 Å². The molecule has 368 valence electrons. The lowest BCUT2D eigenvalue weighted by atomic mass is 9.73. The zero-order valence-corrected chi connectivity index (χ0v) is 39.6. The second-order valence-electron chi connectivity index (χ2n) is 18.1. The van der Waals surface area contributed by atoms with E-state index in [9.17, 15) is 28.8 Å². The van der Waals surface area contributed by atoms with E-state index in [1.807, 2.05) is 103 Å². The number of rotatable bonds is 22. The van der Waals surface area contributed by atoms with Crippen molar-refractivity contribution >= 4 is 52.3 Å². The Morgan fingerprint density at radius 3 is 1.89 bits per heavy atom. The van der Waals surface area contributed by atoms with E-state index in [1.54, 1.807) is 30.5 Å². The van der Waals surface area contributed by atoms with Gasteiger partial charge in [-0.3, -0.25) is 33.8 Å². The second-order valence-corrected chi connectivity index (χ2v) is 18.1. The summed E-state index contributed by atoms with van der Waals surface area (Å²) in [6.45, 7) is 0.230. The van der Waals surface area contributed by atoms with Gasteiger partial charge < -0.3 is 48.8 Å². The number of nitrogens with zero attached hydrogens (tertiary/aromatic N) is 1. The molecule has 0 unspecified atom stereocenters. The summed E-state index contributed by atoms with van der Waals surface area (Å²) in [5, 5.41) is 15.8. The fourth-order valence-electron chi connectivity index (χ4n) is 9.17. The van der Waals surface area contributed by atoms with Gasteiger partial charge in [0.25, 0.3) is 0 Å².